The first-order chi connectivity index (χ1) is 16.8. The standard InChI is InChI=1S/C25H29N3O6S/c1-25(17-18-6-2-3-7-20(18)23(29)34-25)24(30)26-21-16-19(8-9-22(21)27-10-4-5-11-27)35(31,32)28-12-14-33-15-13-28/h2-3,6-9,16H,4-5,10-15,17H2,1H3,(H,26,30). The lowest BCUT2D eigenvalue weighted by atomic mass is 9.89. The molecule has 2 aromatic rings. The molecular weight excluding hydrogens is 470 g/mol. The second-order valence-electron chi connectivity index (χ2n) is 9.30. The highest BCUT2D eigenvalue weighted by molar-refractivity contribution is 7.89. The number of sulfonamides is 1. The van der Waals surface area contributed by atoms with Crippen molar-refractivity contribution in [1.29, 1.82) is 0 Å². The number of carbonyl (C=O) groups is 2. The van der Waals surface area contributed by atoms with Gasteiger partial charge >= 0.3 is 5.97 Å². The average Bonchev–Trinajstić information content (AvgIpc) is 3.39. The van der Waals surface area contributed by atoms with Crippen LogP contribution in [0.4, 0.5) is 11.4 Å². The van der Waals surface area contributed by atoms with Crippen molar-refractivity contribution in [3.05, 3.63) is 53.6 Å². The third kappa shape index (κ3) is 4.53. The van der Waals surface area contributed by atoms with Gasteiger partial charge < -0.3 is 19.7 Å². The van der Waals surface area contributed by atoms with Crippen molar-refractivity contribution in [1.82, 2.24) is 4.31 Å². The highest BCUT2D eigenvalue weighted by atomic mass is 32.2. The van der Waals surface area contributed by atoms with E-state index in [0.717, 1.165) is 37.2 Å². The zero-order valence-corrected chi connectivity index (χ0v) is 20.5. The minimum atomic E-state index is -3.75. The van der Waals surface area contributed by atoms with Crippen molar-refractivity contribution in [3.63, 3.8) is 0 Å². The minimum absolute atomic E-state index is 0.105. The van der Waals surface area contributed by atoms with Crippen LogP contribution in [-0.4, -0.2) is 69.6 Å². The van der Waals surface area contributed by atoms with E-state index in [9.17, 15) is 18.0 Å². The quantitative estimate of drug-likeness (QED) is 0.630. The summed E-state index contributed by atoms with van der Waals surface area (Å²) in [5.74, 6) is -1.05. The topological polar surface area (TPSA) is 105 Å². The van der Waals surface area contributed by atoms with Crippen molar-refractivity contribution in [2.45, 2.75) is 36.7 Å². The number of fused-ring (bicyclic) bond motifs is 1. The molecule has 186 valence electrons. The summed E-state index contributed by atoms with van der Waals surface area (Å²) in [7, 11) is -3.75. The molecule has 0 aromatic heterocycles. The van der Waals surface area contributed by atoms with Crippen LogP contribution in [0.1, 0.15) is 35.7 Å². The molecule has 1 unspecified atom stereocenters. The first kappa shape index (κ1) is 23.8. The van der Waals surface area contributed by atoms with E-state index in [1.807, 2.05) is 12.1 Å². The van der Waals surface area contributed by atoms with Crippen LogP contribution in [-0.2, 0) is 30.7 Å². The van der Waals surface area contributed by atoms with Gasteiger partial charge in [-0.25, -0.2) is 13.2 Å². The Kier molecular flexibility index (Phi) is 6.29. The molecule has 0 radical (unpaired) electrons. The normalized spacial score (nSPS) is 23.0. The number of hydrogen-bond acceptors (Lipinski definition) is 7. The van der Waals surface area contributed by atoms with Crippen molar-refractivity contribution >= 4 is 33.3 Å². The third-order valence-electron chi connectivity index (χ3n) is 6.83. The van der Waals surface area contributed by atoms with Gasteiger partial charge in [0.2, 0.25) is 10.0 Å². The first-order valence-electron chi connectivity index (χ1n) is 11.9. The van der Waals surface area contributed by atoms with Gasteiger partial charge in [0, 0.05) is 32.6 Å². The highest BCUT2D eigenvalue weighted by Gasteiger charge is 2.43. The molecule has 3 aliphatic rings. The summed E-state index contributed by atoms with van der Waals surface area (Å²) in [6, 6.07) is 11.9. The number of nitrogens with zero attached hydrogens (tertiary/aromatic N) is 2. The van der Waals surface area contributed by atoms with E-state index < -0.39 is 27.5 Å². The van der Waals surface area contributed by atoms with Gasteiger partial charge in [0.1, 0.15) is 0 Å². The second-order valence-corrected chi connectivity index (χ2v) is 11.2. The van der Waals surface area contributed by atoms with Gasteiger partial charge in [-0.05, 0) is 49.6 Å². The van der Waals surface area contributed by atoms with E-state index in [1.165, 1.54) is 10.4 Å². The number of carbonyl (C=O) groups excluding carboxylic acids is 2. The molecule has 1 N–H and O–H groups in total. The van der Waals surface area contributed by atoms with Crippen molar-refractivity contribution in [3.8, 4) is 0 Å². The number of amides is 1. The number of benzene rings is 2. The van der Waals surface area contributed by atoms with E-state index in [-0.39, 0.29) is 24.4 Å². The lowest BCUT2D eigenvalue weighted by molar-refractivity contribution is -0.134. The smallest absolute Gasteiger partial charge is 0.339 e. The zero-order chi connectivity index (χ0) is 24.6. The van der Waals surface area contributed by atoms with Gasteiger partial charge in [0.25, 0.3) is 5.91 Å². The van der Waals surface area contributed by atoms with Crippen LogP contribution < -0.4 is 10.2 Å². The van der Waals surface area contributed by atoms with Gasteiger partial charge in [0.15, 0.2) is 5.60 Å². The summed E-state index contributed by atoms with van der Waals surface area (Å²) in [5.41, 5.74) is 0.913. The largest absolute Gasteiger partial charge is 0.445 e. The number of rotatable bonds is 5. The van der Waals surface area contributed by atoms with E-state index in [0.29, 0.717) is 24.5 Å². The monoisotopic (exact) mass is 499 g/mol. The van der Waals surface area contributed by atoms with Crippen molar-refractivity contribution < 1.29 is 27.5 Å². The Morgan fingerprint density at radius 2 is 1.74 bits per heavy atom. The van der Waals surface area contributed by atoms with Crippen LogP contribution in [0.3, 0.4) is 0 Å². The molecule has 1 amide bonds. The van der Waals surface area contributed by atoms with Crippen LogP contribution in [0, 0.1) is 0 Å². The van der Waals surface area contributed by atoms with E-state index in [4.69, 9.17) is 9.47 Å². The van der Waals surface area contributed by atoms with Gasteiger partial charge in [-0.15, -0.1) is 0 Å². The number of hydrogen-bond donors (Lipinski definition) is 1. The molecule has 3 aliphatic heterocycles. The molecular formula is C25H29N3O6S. The predicted octanol–water partition coefficient (Wildman–Crippen LogP) is 2.42. The molecule has 35 heavy (non-hydrogen) atoms. The Bertz CT molecular complexity index is 1250. The van der Waals surface area contributed by atoms with Crippen LogP contribution >= 0.6 is 0 Å². The van der Waals surface area contributed by atoms with Crippen LogP contribution in [0.2, 0.25) is 0 Å². The summed E-state index contributed by atoms with van der Waals surface area (Å²) >= 11 is 0. The maximum atomic E-state index is 13.5. The molecule has 0 saturated carbocycles. The summed E-state index contributed by atoms with van der Waals surface area (Å²) in [5, 5.41) is 2.90. The zero-order valence-electron chi connectivity index (χ0n) is 19.7. The summed E-state index contributed by atoms with van der Waals surface area (Å²) < 4.78 is 38.8. The van der Waals surface area contributed by atoms with Gasteiger partial charge in [-0.3, -0.25) is 4.79 Å². The molecule has 2 fully saturated rings. The molecule has 0 spiro atoms. The number of nitrogens with one attached hydrogen (secondary N) is 1. The van der Waals surface area contributed by atoms with Crippen LogP contribution in [0.25, 0.3) is 0 Å². The maximum Gasteiger partial charge on any atom is 0.339 e. The van der Waals surface area contributed by atoms with Gasteiger partial charge in [-0.1, -0.05) is 18.2 Å². The van der Waals surface area contributed by atoms with Gasteiger partial charge in [0.05, 0.1) is 35.0 Å². The summed E-state index contributed by atoms with van der Waals surface area (Å²) in [6.07, 6.45) is 2.27. The van der Waals surface area contributed by atoms with Crippen LogP contribution in [0.15, 0.2) is 47.4 Å². The lowest BCUT2D eigenvalue weighted by Gasteiger charge is -2.33. The Morgan fingerprint density at radius 3 is 2.49 bits per heavy atom. The molecule has 2 aromatic carbocycles. The SMILES string of the molecule is CC1(C(=O)Nc2cc(S(=O)(=O)N3CCOCC3)ccc2N2CCCC2)Cc2ccccc2C(=O)O1. The first-order valence-corrected chi connectivity index (χ1v) is 13.3. The molecule has 10 heteroatoms. The molecule has 0 bridgehead atoms. The number of morpholine rings is 1. The fourth-order valence-corrected chi connectivity index (χ4v) is 6.29. The van der Waals surface area contributed by atoms with E-state index >= 15 is 0 Å². The van der Waals surface area contributed by atoms with Gasteiger partial charge in [-0.2, -0.15) is 4.31 Å². The van der Waals surface area contributed by atoms with Crippen molar-refractivity contribution in [2.75, 3.05) is 49.6 Å². The van der Waals surface area contributed by atoms with Crippen molar-refractivity contribution in [2.24, 2.45) is 0 Å². The highest BCUT2D eigenvalue weighted by Crippen LogP contribution is 2.35. The average molecular weight is 500 g/mol. The fraction of sp³-hybridized carbons (Fsp3) is 0.440. The molecule has 0 aliphatic carbocycles. The molecule has 9 nitrogen and oxygen atoms in total. The number of esters is 1. The predicted molar refractivity (Wildman–Crippen MR) is 130 cm³/mol. The van der Waals surface area contributed by atoms with E-state index in [1.54, 1.807) is 31.2 Å². The third-order valence-corrected chi connectivity index (χ3v) is 8.73. The minimum Gasteiger partial charge on any atom is -0.445 e. The summed E-state index contributed by atoms with van der Waals surface area (Å²) in [6.45, 7) is 4.48. The Balaban J connectivity index is 1.47. The number of ether oxygens (including phenoxy) is 2. The number of anilines is 2. The van der Waals surface area contributed by atoms with Crippen LogP contribution in [0.5, 0.6) is 0 Å². The number of cyclic esters (lactones) is 1. The molecule has 5 rings (SSSR count). The fourth-order valence-electron chi connectivity index (χ4n) is 4.86. The molecule has 3 heterocycles. The maximum absolute atomic E-state index is 13.5. The van der Waals surface area contributed by atoms with E-state index in [2.05, 4.69) is 10.2 Å². The Hall–Kier alpha value is -2.95. The Labute approximate surface area is 205 Å². The Morgan fingerprint density at radius 1 is 1.03 bits per heavy atom. The molecule has 2 saturated heterocycles. The second kappa shape index (κ2) is 9.25. The molecule has 1 atom stereocenters. The summed E-state index contributed by atoms with van der Waals surface area (Å²) in [4.78, 5) is 28.3. The lowest BCUT2D eigenvalue weighted by Crippen LogP contribution is -2.49.